The van der Waals surface area contributed by atoms with Crippen LogP contribution in [-0.2, 0) is 0 Å². The molecule has 1 heterocycles. The molecule has 158 valence electrons. The maximum absolute atomic E-state index is 12.8. The van der Waals surface area contributed by atoms with Crippen molar-refractivity contribution in [3.63, 3.8) is 0 Å². The van der Waals surface area contributed by atoms with Gasteiger partial charge in [-0.25, -0.2) is 0 Å². The van der Waals surface area contributed by atoms with Gasteiger partial charge in [0.25, 0.3) is 5.91 Å². The van der Waals surface area contributed by atoms with E-state index >= 15 is 0 Å². The van der Waals surface area contributed by atoms with Gasteiger partial charge in [0, 0.05) is 35.1 Å². The second kappa shape index (κ2) is 8.23. The standard InChI is InChI=1S/C28H25N3O/c1-19-7-5-10-24(20(19)2)28(32)30-22-12-14-23(15-13-22)31-18-6-17-29-27-25-9-4-3-8-21(25)11-16-26(27)31/h3-16,18,29H,17H2,1-2H3,(H,30,32). The Morgan fingerprint density at radius 2 is 1.72 bits per heavy atom. The Labute approximate surface area is 188 Å². The number of nitrogens with one attached hydrogen (secondary N) is 2. The number of aryl methyl sites for hydroxylation is 1. The van der Waals surface area contributed by atoms with Crippen LogP contribution in [0.1, 0.15) is 21.5 Å². The molecule has 2 N–H and O–H groups in total. The molecule has 0 aliphatic carbocycles. The van der Waals surface area contributed by atoms with E-state index in [4.69, 9.17) is 0 Å². The largest absolute Gasteiger partial charge is 0.379 e. The number of amides is 1. The average molecular weight is 420 g/mol. The summed E-state index contributed by atoms with van der Waals surface area (Å²) in [5.41, 5.74) is 6.86. The zero-order valence-electron chi connectivity index (χ0n) is 18.2. The molecule has 0 saturated heterocycles. The van der Waals surface area contributed by atoms with E-state index in [0.29, 0.717) is 5.56 Å². The molecule has 4 heteroatoms. The Kier molecular flexibility index (Phi) is 5.12. The van der Waals surface area contributed by atoms with Crippen LogP contribution in [0.25, 0.3) is 10.8 Å². The van der Waals surface area contributed by atoms with Crippen LogP contribution in [0.3, 0.4) is 0 Å². The van der Waals surface area contributed by atoms with Gasteiger partial charge in [0.2, 0.25) is 0 Å². The van der Waals surface area contributed by atoms with E-state index in [0.717, 1.165) is 40.4 Å². The average Bonchev–Trinajstić information content (AvgIpc) is 3.04. The van der Waals surface area contributed by atoms with Crippen LogP contribution in [0.4, 0.5) is 22.7 Å². The fourth-order valence-electron chi connectivity index (χ4n) is 4.17. The Balaban J connectivity index is 1.44. The molecule has 32 heavy (non-hydrogen) atoms. The van der Waals surface area contributed by atoms with Gasteiger partial charge in [0.15, 0.2) is 0 Å². The van der Waals surface area contributed by atoms with Crippen molar-refractivity contribution in [2.24, 2.45) is 0 Å². The summed E-state index contributed by atoms with van der Waals surface area (Å²) in [6.07, 6.45) is 4.21. The summed E-state index contributed by atoms with van der Waals surface area (Å²) in [4.78, 5) is 14.9. The number of nitrogens with zero attached hydrogens (tertiary/aromatic N) is 1. The van der Waals surface area contributed by atoms with Crippen molar-refractivity contribution < 1.29 is 4.79 Å². The van der Waals surface area contributed by atoms with Gasteiger partial charge >= 0.3 is 0 Å². The Hall–Kier alpha value is -4.05. The van der Waals surface area contributed by atoms with Crippen molar-refractivity contribution in [2.75, 3.05) is 22.1 Å². The number of hydrogen-bond acceptors (Lipinski definition) is 3. The number of rotatable bonds is 3. The highest BCUT2D eigenvalue weighted by atomic mass is 16.1. The first kappa shape index (κ1) is 19.9. The van der Waals surface area contributed by atoms with Crippen LogP contribution >= 0.6 is 0 Å². The van der Waals surface area contributed by atoms with Crippen molar-refractivity contribution in [3.05, 3.63) is 108 Å². The second-order valence-electron chi connectivity index (χ2n) is 8.06. The van der Waals surface area contributed by atoms with Gasteiger partial charge in [-0.2, -0.15) is 0 Å². The molecule has 4 nitrogen and oxygen atoms in total. The minimum atomic E-state index is -0.0883. The summed E-state index contributed by atoms with van der Waals surface area (Å²) in [6.45, 7) is 4.77. The quantitative estimate of drug-likeness (QED) is 0.384. The van der Waals surface area contributed by atoms with Gasteiger partial charge in [-0.15, -0.1) is 0 Å². The minimum Gasteiger partial charge on any atom is -0.379 e. The van der Waals surface area contributed by atoms with Crippen LogP contribution in [0.2, 0.25) is 0 Å². The molecule has 1 aliphatic heterocycles. The van der Waals surface area contributed by atoms with Crippen LogP contribution in [0.5, 0.6) is 0 Å². The molecule has 0 fully saturated rings. The normalized spacial score (nSPS) is 12.8. The van der Waals surface area contributed by atoms with E-state index in [-0.39, 0.29) is 5.91 Å². The van der Waals surface area contributed by atoms with Gasteiger partial charge in [0.05, 0.1) is 11.4 Å². The Morgan fingerprint density at radius 3 is 2.56 bits per heavy atom. The van der Waals surface area contributed by atoms with Gasteiger partial charge < -0.3 is 15.5 Å². The molecule has 0 spiro atoms. The smallest absolute Gasteiger partial charge is 0.255 e. The maximum Gasteiger partial charge on any atom is 0.255 e. The first-order valence-electron chi connectivity index (χ1n) is 10.8. The molecule has 0 saturated carbocycles. The predicted molar refractivity (Wildman–Crippen MR) is 134 cm³/mol. The van der Waals surface area contributed by atoms with Gasteiger partial charge in [-0.1, -0.05) is 42.5 Å². The van der Waals surface area contributed by atoms with Gasteiger partial charge in [-0.3, -0.25) is 4.79 Å². The molecule has 1 amide bonds. The lowest BCUT2D eigenvalue weighted by atomic mass is 10.0. The highest BCUT2D eigenvalue weighted by Gasteiger charge is 2.16. The highest BCUT2D eigenvalue weighted by molar-refractivity contribution is 6.06. The van der Waals surface area contributed by atoms with E-state index in [1.165, 1.54) is 10.8 Å². The van der Waals surface area contributed by atoms with Crippen molar-refractivity contribution in [2.45, 2.75) is 13.8 Å². The lowest BCUT2D eigenvalue weighted by Crippen LogP contribution is -2.14. The van der Waals surface area contributed by atoms with Gasteiger partial charge in [0.1, 0.15) is 0 Å². The SMILES string of the molecule is Cc1cccc(C(=O)Nc2ccc(N3C=CCNc4c3ccc3ccccc43)cc2)c1C. The van der Waals surface area contributed by atoms with Crippen LogP contribution < -0.4 is 15.5 Å². The molecule has 0 aromatic heterocycles. The van der Waals surface area contributed by atoms with Crippen molar-refractivity contribution in [1.29, 1.82) is 0 Å². The van der Waals surface area contributed by atoms with Crippen molar-refractivity contribution >= 4 is 39.4 Å². The first-order valence-corrected chi connectivity index (χ1v) is 10.8. The summed E-state index contributed by atoms with van der Waals surface area (Å²) in [5.74, 6) is -0.0883. The zero-order chi connectivity index (χ0) is 22.1. The molecule has 5 rings (SSSR count). The third kappa shape index (κ3) is 3.60. The monoisotopic (exact) mass is 419 g/mol. The lowest BCUT2D eigenvalue weighted by Gasteiger charge is -2.23. The summed E-state index contributed by atoms with van der Waals surface area (Å²) >= 11 is 0. The molecule has 0 atom stereocenters. The second-order valence-corrected chi connectivity index (χ2v) is 8.06. The number of hydrogen-bond donors (Lipinski definition) is 2. The van der Waals surface area contributed by atoms with Crippen LogP contribution in [0.15, 0.2) is 91.1 Å². The summed E-state index contributed by atoms with van der Waals surface area (Å²) in [7, 11) is 0. The number of carbonyl (C=O) groups is 1. The number of anilines is 4. The highest BCUT2D eigenvalue weighted by Crippen LogP contribution is 2.39. The predicted octanol–water partition coefficient (Wildman–Crippen LogP) is 6.79. The molecular formula is C28H25N3O. The Bertz CT molecular complexity index is 1340. The minimum absolute atomic E-state index is 0.0883. The summed E-state index contributed by atoms with van der Waals surface area (Å²) in [6, 6.07) is 26.5. The lowest BCUT2D eigenvalue weighted by molar-refractivity contribution is 0.102. The van der Waals surface area contributed by atoms with Crippen LogP contribution in [0, 0.1) is 13.8 Å². The topological polar surface area (TPSA) is 44.4 Å². The zero-order valence-corrected chi connectivity index (χ0v) is 18.2. The number of fused-ring (bicyclic) bond motifs is 3. The van der Waals surface area contributed by atoms with Gasteiger partial charge in [-0.05, 0) is 72.8 Å². The molecular weight excluding hydrogens is 394 g/mol. The van der Waals surface area contributed by atoms with E-state index < -0.39 is 0 Å². The molecule has 0 radical (unpaired) electrons. The third-order valence-corrected chi connectivity index (χ3v) is 6.07. The molecule has 1 aliphatic rings. The number of carbonyl (C=O) groups excluding carboxylic acids is 1. The van der Waals surface area contributed by atoms with E-state index in [1.807, 2.05) is 56.3 Å². The van der Waals surface area contributed by atoms with E-state index in [9.17, 15) is 4.79 Å². The van der Waals surface area contributed by atoms with E-state index in [2.05, 4.69) is 64.2 Å². The van der Waals surface area contributed by atoms with Crippen LogP contribution in [-0.4, -0.2) is 12.5 Å². The summed E-state index contributed by atoms with van der Waals surface area (Å²) in [5, 5.41) is 8.99. The van der Waals surface area contributed by atoms with E-state index in [1.54, 1.807) is 0 Å². The molecule has 0 bridgehead atoms. The molecule has 0 unspecified atom stereocenters. The first-order chi connectivity index (χ1) is 15.6. The summed E-state index contributed by atoms with van der Waals surface area (Å²) < 4.78 is 0. The van der Waals surface area contributed by atoms with Crippen molar-refractivity contribution in [3.8, 4) is 0 Å². The Morgan fingerprint density at radius 1 is 0.906 bits per heavy atom. The van der Waals surface area contributed by atoms with Crippen molar-refractivity contribution in [1.82, 2.24) is 0 Å². The fourth-order valence-corrected chi connectivity index (χ4v) is 4.17. The third-order valence-electron chi connectivity index (χ3n) is 6.07. The fraction of sp³-hybridized carbons (Fsp3) is 0.107. The maximum atomic E-state index is 12.8. The molecule has 4 aromatic carbocycles. The molecule has 4 aromatic rings. The number of benzene rings is 4.